The molecule has 16 heavy (non-hydrogen) atoms. The van der Waals surface area contributed by atoms with E-state index in [0.717, 1.165) is 10.9 Å². The Hall–Kier alpha value is -1.64. The second-order valence-electron chi connectivity index (χ2n) is 4.40. The van der Waals surface area contributed by atoms with Crippen LogP contribution in [0, 0.1) is 12.7 Å². The summed E-state index contributed by atoms with van der Waals surface area (Å²) in [6.45, 7) is 5.65. The summed E-state index contributed by atoms with van der Waals surface area (Å²) in [5.41, 5.74) is 1.75. The van der Waals surface area contributed by atoms with E-state index in [4.69, 9.17) is 0 Å². The SMILES string of the molecule is Cc1cc2cc(C(C)C)c(=O)[nH]c2cc1F. The number of aryl methyl sites for hydroxylation is 1. The maximum Gasteiger partial charge on any atom is 0.251 e. The van der Waals surface area contributed by atoms with Gasteiger partial charge in [-0.1, -0.05) is 13.8 Å². The summed E-state index contributed by atoms with van der Waals surface area (Å²) >= 11 is 0. The van der Waals surface area contributed by atoms with Crippen LogP contribution in [0.4, 0.5) is 4.39 Å². The van der Waals surface area contributed by atoms with Gasteiger partial charge in [0.1, 0.15) is 5.82 Å². The van der Waals surface area contributed by atoms with Gasteiger partial charge in [0.2, 0.25) is 0 Å². The van der Waals surface area contributed by atoms with Crippen molar-refractivity contribution in [1.82, 2.24) is 4.98 Å². The second kappa shape index (κ2) is 3.74. The van der Waals surface area contributed by atoms with Gasteiger partial charge in [0, 0.05) is 5.56 Å². The highest BCUT2D eigenvalue weighted by Crippen LogP contribution is 2.19. The van der Waals surface area contributed by atoms with E-state index in [1.54, 1.807) is 13.0 Å². The van der Waals surface area contributed by atoms with Gasteiger partial charge in [-0.25, -0.2) is 4.39 Å². The summed E-state index contributed by atoms with van der Waals surface area (Å²) < 4.78 is 13.3. The highest BCUT2D eigenvalue weighted by atomic mass is 19.1. The number of nitrogens with one attached hydrogen (secondary N) is 1. The van der Waals surface area contributed by atoms with Crippen LogP contribution in [0.15, 0.2) is 23.0 Å². The lowest BCUT2D eigenvalue weighted by molar-refractivity contribution is 0.620. The normalized spacial score (nSPS) is 11.3. The molecule has 0 aliphatic heterocycles. The Kier molecular flexibility index (Phi) is 2.54. The number of hydrogen-bond donors (Lipinski definition) is 1. The van der Waals surface area contributed by atoms with E-state index < -0.39 is 0 Å². The maximum absolute atomic E-state index is 13.3. The van der Waals surface area contributed by atoms with Crippen LogP contribution in [0.3, 0.4) is 0 Å². The molecule has 1 heterocycles. The van der Waals surface area contributed by atoms with E-state index in [1.807, 2.05) is 19.9 Å². The van der Waals surface area contributed by atoms with Gasteiger partial charge in [-0.2, -0.15) is 0 Å². The van der Waals surface area contributed by atoms with Crippen LogP contribution in [0.2, 0.25) is 0 Å². The molecule has 3 heteroatoms. The summed E-state index contributed by atoms with van der Waals surface area (Å²) in [6.07, 6.45) is 0. The lowest BCUT2D eigenvalue weighted by Crippen LogP contribution is -2.13. The molecule has 0 saturated heterocycles. The molecule has 0 radical (unpaired) electrons. The number of H-pyrrole nitrogens is 1. The zero-order chi connectivity index (χ0) is 11.9. The molecule has 1 aromatic carbocycles. The van der Waals surface area contributed by atoms with Crippen LogP contribution in [0.25, 0.3) is 10.9 Å². The molecule has 0 atom stereocenters. The molecule has 2 rings (SSSR count). The van der Waals surface area contributed by atoms with Crippen molar-refractivity contribution >= 4 is 10.9 Å². The Morgan fingerprint density at radius 2 is 1.94 bits per heavy atom. The minimum atomic E-state index is -0.291. The monoisotopic (exact) mass is 219 g/mol. The molecule has 0 fully saturated rings. The third kappa shape index (κ3) is 1.73. The smallest absolute Gasteiger partial charge is 0.251 e. The van der Waals surface area contributed by atoms with Crippen molar-refractivity contribution in [2.45, 2.75) is 26.7 Å². The Bertz CT molecular complexity index is 599. The fourth-order valence-corrected chi connectivity index (χ4v) is 1.79. The molecule has 2 nitrogen and oxygen atoms in total. The van der Waals surface area contributed by atoms with Crippen molar-refractivity contribution in [3.63, 3.8) is 0 Å². The maximum atomic E-state index is 13.3. The van der Waals surface area contributed by atoms with Gasteiger partial charge in [0.15, 0.2) is 0 Å². The Morgan fingerprint density at radius 3 is 2.56 bits per heavy atom. The van der Waals surface area contributed by atoms with Gasteiger partial charge < -0.3 is 4.98 Å². The highest BCUT2D eigenvalue weighted by molar-refractivity contribution is 5.79. The molecule has 0 saturated carbocycles. The number of aromatic nitrogens is 1. The summed E-state index contributed by atoms with van der Waals surface area (Å²) in [5.74, 6) is -0.126. The van der Waals surface area contributed by atoms with Crippen molar-refractivity contribution in [2.75, 3.05) is 0 Å². The Morgan fingerprint density at radius 1 is 1.25 bits per heavy atom. The van der Waals surface area contributed by atoms with Crippen molar-refractivity contribution in [3.05, 3.63) is 45.5 Å². The first kappa shape index (κ1) is 10.9. The van der Waals surface area contributed by atoms with E-state index >= 15 is 0 Å². The number of hydrogen-bond acceptors (Lipinski definition) is 1. The van der Waals surface area contributed by atoms with Crippen LogP contribution in [-0.2, 0) is 0 Å². The fourth-order valence-electron chi connectivity index (χ4n) is 1.79. The molecular weight excluding hydrogens is 205 g/mol. The van der Waals surface area contributed by atoms with Crippen molar-refractivity contribution in [1.29, 1.82) is 0 Å². The fraction of sp³-hybridized carbons (Fsp3) is 0.308. The zero-order valence-electron chi connectivity index (χ0n) is 9.60. The first-order chi connectivity index (χ1) is 7.49. The molecule has 1 aromatic heterocycles. The minimum absolute atomic E-state index is 0.134. The van der Waals surface area contributed by atoms with E-state index in [2.05, 4.69) is 4.98 Å². The topological polar surface area (TPSA) is 32.9 Å². The van der Waals surface area contributed by atoms with Crippen molar-refractivity contribution in [3.8, 4) is 0 Å². The lowest BCUT2D eigenvalue weighted by Gasteiger charge is -2.07. The Balaban J connectivity index is 2.80. The van der Waals surface area contributed by atoms with Gasteiger partial charge in [-0.05, 0) is 42.0 Å². The minimum Gasteiger partial charge on any atom is -0.322 e. The molecule has 0 spiro atoms. The van der Waals surface area contributed by atoms with Gasteiger partial charge in [-0.3, -0.25) is 4.79 Å². The van der Waals surface area contributed by atoms with Crippen LogP contribution in [-0.4, -0.2) is 4.98 Å². The summed E-state index contributed by atoms with van der Waals surface area (Å²) in [6, 6.07) is 4.97. The number of pyridine rings is 1. The third-order valence-electron chi connectivity index (χ3n) is 2.77. The summed E-state index contributed by atoms with van der Waals surface area (Å²) in [7, 11) is 0. The van der Waals surface area contributed by atoms with Crippen LogP contribution in [0.5, 0.6) is 0 Å². The second-order valence-corrected chi connectivity index (χ2v) is 4.40. The van der Waals surface area contributed by atoms with Crippen LogP contribution < -0.4 is 5.56 Å². The van der Waals surface area contributed by atoms with Gasteiger partial charge in [-0.15, -0.1) is 0 Å². The van der Waals surface area contributed by atoms with Crippen molar-refractivity contribution in [2.24, 2.45) is 0 Å². The average Bonchev–Trinajstić information content (AvgIpc) is 2.19. The molecule has 0 amide bonds. The zero-order valence-corrected chi connectivity index (χ0v) is 9.60. The first-order valence-corrected chi connectivity index (χ1v) is 5.32. The molecule has 0 unspecified atom stereocenters. The summed E-state index contributed by atoms with van der Waals surface area (Å²) in [4.78, 5) is 14.4. The molecule has 0 aliphatic rings. The van der Waals surface area contributed by atoms with E-state index in [1.165, 1.54) is 6.07 Å². The number of benzene rings is 1. The molecule has 84 valence electrons. The van der Waals surface area contributed by atoms with Gasteiger partial charge in [0.05, 0.1) is 5.52 Å². The largest absolute Gasteiger partial charge is 0.322 e. The van der Waals surface area contributed by atoms with Gasteiger partial charge >= 0.3 is 0 Å². The molecule has 2 aromatic rings. The molecule has 0 bridgehead atoms. The quantitative estimate of drug-likeness (QED) is 0.785. The average molecular weight is 219 g/mol. The standard InChI is InChI=1S/C13H14FNO/c1-7(2)10-5-9-4-8(3)11(14)6-12(9)15-13(10)16/h4-7H,1-3H3,(H,15,16). The van der Waals surface area contributed by atoms with E-state index in [-0.39, 0.29) is 17.3 Å². The molecule has 0 aliphatic carbocycles. The highest BCUT2D eigenvalue weighted by Gasteiger charge is 2.08. The van der Waals surface area contributed by atoms with Crippen molar-refractivity contribution < 1.29 is 4.39 Å². The molecular formula is C13H14FNO. The summed E-state index contributed by atoms with van der Waals surface area (Å²) in [5, 5.41) is 0.877. The van der Waals surface area contributed by atoms with E-state index in [9.17, 15) is 9.18 Å². The van der Waals surface area contributed by atoms with Gasteiger partial charge in [0.25, 0.3) is 5.56 Å². The lowest BCUT2D eigenvalue weighted by atomic mass is 10.0. The number of halogens is 1. The van der Waals surface area contributed by atoms with Crippen LogP contribution in [0.1, 0.15) is 30.9 Å². The number of rotatable bonds is 1. The van der Waals surface area contributed by atoms with Crippen LogP contribution >= 0.6 is 0 Å². The predicted molar refractivity (Wildman–Crippen MR) is 63.4 cm³/mol. The number of aromatic amines is 1. The Labute approximate surface area is 93.1 Å². The number of fused-ring (bicyclic) bond motifs is 1. The third-order valence-corrected chi connectivity index (χ3v) is 2.77. The van der Waals surface area contributed by atoms with E-state index in [0.29, 0.717) is 11.1 Å². The predicted octanol–water partition coefficient (Wildman–Crippen LogP) is 3.10. The molecule has 1 N–H and O–H groups in total. The first-order valence-electron chi connectivity index (χ1n) is 5.32.